The molecule has 2 aromatic rings. The van der Waals surface area contributed by atoms with E-state index < -0.39 is 92.4 Å². The maximum absolute atomic E-state index is 13.6. The molecule has 3 aliphatic rings. The molecule has 1 aromatic heterocycles. The van der Waals surface area contributed by atoms with Crippen LogP contribution in [0, 0.1) is 0 Å². The van der Waals surface area contributed by atoms with Crippen molar-refractivity contribution in [1.82, 2.24) is 30.5 Å². The predicted molar refractivity (Wildman–Crippen MR) is 167 cm³/mol. The van der Waals surface area contributed by atoms with Gasteiger partial charge in [-0.3, -0.25) is 24.7 Å². The summed E-state index contributed by atoms with van der Waals surface area (Å²) in [6.45, 7) is 3.26. The molecular weight excluding hydrogens is 700 g/mol. The number of nitrogen functional groups attached to an aromatic ring is 1. The monoisotopic (exact) mass is 726 g/mol. The predicted octanol–water partition coefficient (Wildman–Crippen LogP) is 0.0257. The van der Waals surface area contributed by atoms with Crippen LogP contribution >= 0.6 is 34.7 Å². The van der Waals surface area contributed by atoms with Gasteiger partial charge >= 0.3 is 18.0 Å². The molecule has 8 N–H and O–H groups in total. The maximum Gasteiger partial charge on any atom is 0.350 e. The SMILES string of the molecule is C[C@@H]1CN(C2(C(=O)O)CN3C(=O)C(NC(=O)/C(=N\OC(C)(C)C(=O)O)c4csc(N)n4)[C@H]3S2)C(=O)N1NC(=O)c1ccc(O)c(O)c1Cl. The smallest absolute Gasteiger partial charge is 0.350 e. The maximum atomic E-state index is 13.6. The number of hydrogen-bond donors (Lipinski definition) is 7. The van der Waals surface area contributed by atoms with Crippen molar-refractivity contribution in [3.63, 3.8) is 0 Å². The Morgan fingerprint density at radius 1 is 1.21 bits per heavy atom. The minimum Gasteiger partial charge on any atom is -0.504 e. The van der Waals surface area contributed by atoms with Crippen LogP contribution in [0.2, 0.25) is 5.02 Å². The average Bonchev–Trinajstić information content (AvgIpc) is 3.69. The lowest BCUT2D eigenvalue weighted by atomic mass is 10.1. The van der Waals surface area contributed by atoms with Crippen LogP contribution in [0.4, 0.5) is 9.93 Å². The fourth-order valence-electron chi connectivity index (χ4n) is 4.92. The summed E-state index contributed by atoms with van der Waals surface area (Å²) in [5.41, 5.74) is 5.35. The zero-order valence-corrected chi connectivity index (χ0v) is 27.4. The normalized spacial score (nSPS) is 23.9. The van der Waals surface area contributed by atoms with Crippen LogP contribution in [0.3, 0.4) is 0 Å². The molecule has 48 heavy (non-hydrogen) atoms. The molecule has 4 heterocycles. The first kappa shape index (κ1) is 34.3. The zero-order chi connectivity index (χ0) is 35.5. The van der Waals surface area contributed by atoms with Gasteiger partial charge in [0, 0.05) is 11.9 Å². The van der Waals surface area contributed by atoms with Crippen molar-refractivity contribution in [2.75, 3.05) is 18.8 Å². The Labute approximate surface area is 283 Å². The number of anilines is 1. The Morgan fingerprint density at radius 2 is 1.90 bits per heavy atom. The molecule has 0 spiro atoms. The minimum atomic E-state index is -2.03. The molecule has 3 aliphatic heterocycles. The van der Waals surface area contributed by atoms with Gasteiger partial charge in [0.25, 0.3) is 11.8 Å². The molecule has 0 radical (unpaired) electrons. The van der Waals surface area contributed by atoms with E-state index in [0.717, 1.165) is 45.1 Å². The fourth-order valence-corrected chi connectivity index (χ4v) is 7.33. The number of rotatable bonds is 10. The summed E-state index contributed by atoms with van der Waals surface area (Å²) in [6, 6.07) is -0.845. The van der Waals surface area contributed by atoms with Crippen LogP contribution < -0.4 is 16.5 Å². The molecule has 5 amide bonds. The second kappa shape index (κ2) is 12.2. The summed E-state index contributed by atoms with van der Waals surface area (Å²) in [4.78, 5) is 86.5. The van der Waals surface area contributed by atoms with Crippen molar-refractivity contribution in [3.8, 4) is 11.5 Å². The average molecular weight is 727 g/mol. The van der Waals surface area contributed by atoms with Crippen LogP contribution in [0.25, 0.3) is 0 Å². The molecule has 256 valence electrons. The highest BCUT2D eigenvalue weighted by Crippen LogP contribution is 2.50. The molecule has 3 saturated heterocycles. The molecule has 0 bridgehead atoms. The second-order valence-electron chi connectivity index (χ2n) is 11.3. The number of thioether (sulfide) groups is 1. The number of phenolic OH excluding ortho intramolecular Hbond substituents is 2. The van der Waals surface area contributed by atoms with E-state index >= 15 is 0 Å². The molecule has 0 aliphatic carbocycles. The van der Waals surface area contributed by atoms with Crippen molar-refractivity contribution in [2.24, 2.45) is 5.16 Å². The highest BCUT2D eigenvalue weighted by atomic mass is 35.5. The molecule has 19 nitrogen and oxygen atoms in total. The molecule has 0 saturated carbocycles. The fraction of sp³-hybridized carbons (Fsp3) is 0.385. The van der Waals surface area contributed by atoms with E-state index in [-0.39, 0.29) is 22.9 Å². The van der Waals surface area contributed by atoms with Gasteiger partial charge in [0.05, 0.1) is 23.2 Å². The number of carbonyl (C=O) groups is 6. The summed E-state index contributed by atoms with van der Waals surface area (Å²) in [5, 5.41) is 46.3. The number of nitrogens with zero attached hydrogens (tertiary/aromatic N) is 5. The van der Waals surface area contributed by atoms with E-state index in [1.54, 1.807) is 0 Å². The van der Waals surface area contributed by atoms with E-state index in [4.69, 9.17) is 22.2 Å². The van der Waals surface area contributed by atoms with Crippen molar-refractivity contribution in [1.29, 1.82) is 0 Å². The van der Waals surface area contributed by atoms with Gasteiger partial charge in [-0.05, 0) is 32.9 Å². The lowest BCUT2D eigenvalue weighted by Crippen LogP contribution is -2.68. The number of benzene rings is 1. The topological polar surface area (TPSA) is 278 Å². The first-order valence-electron chi connectivity index (χ1n) is 13.8. The number of β-lactam (4-membered cyclic amide) rings is 1. The summed E-state index contributed by atoms with van der Waals surface area (Å²) in [6.07, 6.45) is 0. The number of carboxylic acid groups (broad SMARTS) is 2. The van der Waals surface area contributed by atoms with Gasteiger partial charge < -0.3 is 41.2 Å². The number of amides is 5. The Balaban J connectivity index is 1.34. The molecule has 2 unspecified atom stereocenters. The standard InChI is InChI=1S/C26H27ClN8O11S2/c1-9-6-34(24(45)35(9)31-17(38)10-4-5-12(36)16(37)13(10)27)26(22(43)44)8-33-19(40)15(20(33)48-26)30-18(39)14(11-7-47-23(28)29-11)32-46-25(2,3)21(41)42/h4-5,7,9,15,20,36-37H,6,8H2,1-3H3,(H2,28,29)(H,30,39)(H,31,38)(H,41,42)(H,43,44)/b32-14-/t9-,15?,20-,26?/m1/s1. The van der Waals surface area contributed by atoms with Gasteiger partial charge in [-0.15, -0.1) is 11.3 Å². The third kappa shape index (κ3) is 5.72. The number of nitrogens with two attached hydrogens (primary N) is 1. The lowest BCUT2D eigenvalue weighted by molar-refractivity contribution is -0.161. The molecular formula is C26H27ClN8O11S2. The highest BCUT2D eigenvalue weighted by Gasteiger charge is 2.67. The zero-order valence-electron chi connectivity index (χ0n) is 25.0. The van der Waals surface area contributed by atoms with Crippen LogP contribution in [-0.2, 0) is 24.0 Å². The Hall–Kier alpha value is -5.02. The quantitative estimate of drug-likeness (QED) is 0.0736. The third-order valence-electron chi connectivity index (χ3n) is 7.64. The lowest BCUT2D eigenvalue weighted by Gasteiger charge is -2.41. The van der Waals surface area contributed by atoms with Crippen molar-refractivity contribution < 1.29 is 54.0 Å². The number of urea groups is 1. The Bertz CT molecular complexity index is 1790. The summed E-state index contributed by atoms with van der Waals surface area (Å²) in [7, 11) is 0. The van der Waals surface area contributed by atoms with Crippen molar-refractivity contribution in [3.05, 3.63) is 33.8 Å². The molecule has 3 fully saturated rings. The first-order chi connectivity index (χ1) is 22.4. The van der Waals surface area contributed by atoms with Crippen molar-refractivity contribution in [2.45, 2.75) is 48.7 Å². The van der Waals surface area contributed by atoms with E-state index in [2.05, 4.69) is 20.9 Å². The van der Waals surface area contributed by atoms with Crippen LogP contribution in [-0.4, -0.2) is 123 Å². The van der Waals surface area contributed by atoms with Gasteiger partial charge in [0.1, 0.15) is 17.1 Å². The number of hydrogen-bond acceptors (Lipinski definition) is 14. The number of carboxylic acids is 2. The number of oxime groups is 1. The number of hydrazine groups is 1. The summed E-state index contributed by atoms with van der Waals surface area (Å²) >= 11 is 7.66. The number of thiazole rings is 1. The number of aromatic hydroxyl groups is 2. The Kier molecular flexibility index (Phi) is 8.73. The molecule has 1 aromatic carbocycles. The number of nitrogens with one attached hydrogen (secondary N) is 2. The van der Waals surface area contributed by atoms with E-state index in [9.17, 15) is 49.2 Å². The number of phenols is 2. The van der Waals surface area contributed by atoms with E-state index in [1.807, 2.05) is 0 Å². The second-order valence-corrected chi connectivity index (χ2v) is 13.9. The van der Waals surface area contributed by atoms with Gasteiger partial charge in [-0.1, -0.05) is 28.5 Å². The van der Waals surface area contributed by atoms with Gasteiger partial charge in [-0.25, -0.2) is 24.4 Å². The number of aliphatic carboxylic acids is 2. The largest absolute Gasteiger partial charge is 0.504 e. The van der Waals surface area contributed by atoms with E-state index in [1.165, 1.54) is 31.1 Å². The van der Waals surface area contributed by atoms with Crippen LogP contribution in [0.1, 0.15) is 36.8 Å². The minimum absolute atomic E-state index is 0.0607. The van der Waals surface area contributed by atoms with E-state index in [0.29, 0.717) is 0 Å². The van der Waals surface area contributed by atoms with Gasteiger partial charge in [-0.2, -0.15) is 0 Å². The summed E-state index contributed by atoms with van der Waals surface area (Å²) < 4.78 is 0. The number of carbonyl (C=O) groups excluding carboxylic acids is 4. The Morgan fingerprint density at radius 3 is 2.50 bits per heavy atom. The molecule has 22 heteroatoms. The van der Waals surface area contributed by atoms with Gasteiger partial charge in [0.15, 0.2) is 22.3 Å². The highest BCUT2D eigenvalue weighted by molar-refractivity contribution is 8.02. The molecule has 5 rings (SSSR count). The number of halogens is 1. The van der Waals surface area contributed by atoms with Crippen LogP contribution in [0.15, 0.2) is 22.7 Å². The molecule has 4 atom stereocenters. The number of fused-ring (bicyclic) bond motifs is 1. The van der Waals surface area contributed by atoms with Gasteiger partial charge in [0.2, 0.25) is 16.4 Å². The van der Waals surface area contributed by atoms with Crippen LogP contribution in [0.5, 0.6) is 11.5 Å². The van der Waals surface area contributed by atoms with Crippen molar-refractivity contribution >= 4 is 81.2 Å². The summed E-state index contributed by atoms with van der Waals surface area (Å²) in [5.74, 6) is -6.77. The third-order valence-corrected chi connectivity index (χ3v) is 10.4. The first-order valence-corrected chi connectivity index (χ1v) is 15.9. The number of aromatic nitrogens is 1.